The fraction of sp³-hybridized carbons (Fsp3) is 0.786. The maximum absolute atomic E-state index is 12.1. The van der Waals surface area contributed by atoms with E-state index in [1.54, 1.807) is 0 Å². The van der Waals surface area contributed by atoms with E-state index in [0.29, 0.717) is 13.2 Å². The van der Waals surface area contributed by atoms with Crippen LogP contribution in [0.1, 0.15) is 40.0 Å². The van der Waals surface area contributed by atoms with Crippen molar-refractivity contribution >= 4 is 17.8 Å². The van der Waals surface area contributed by atoms with Crippen LogP contribution in [0.5, 0.6) is 0 Å². The van der Waals surface area contributed by atoms with Gasteiger partial charge in [0, 0.05) is 5.92 Å². The van der Waals surface area contributed by atoms with Gasteiger partial charge in [0.05, 0.1) is 18.9 Å². The smallest absolute Gasteiger partial charge is 0.430 e. The summed E-state index contributed by atoms with van der Waals surface area (Å²) in [7, 11) is 0. The Bertz CT molecular complexity index is 494. The van der Waals surface area contributed by atoms with Gasteiger partial charge in [-0.05, 0) is 40.0 Å². The predicted molar refractivity (Wildman–Crippen MR) is 71.1 cm³/mol. The monoisotopic (exact) mass is 280 g/mol. The lowest BCUT2D eigenvalue weighted by Crippen LogP contribution is -2.49. The summed E-state index contributed by atoms with van der Waals surface area (Å²) in [6.07, 6.45) is 2.01. The van der Waals surface area contributed by atoms with E-state index in [1.807, 2.05) is 20.8 Å². The summed E-state index contributed by atoms with van der Waals surface area (Å²) >= 11 is 0. The van der Waals surface area contributed by atoms with Crippen molar-refractivity contribution in [3.8, 4) is 0 Å². The first-order chi connectivity index (χ1) is 9.33. The van der Waals surface area contributed by atoms with E-state index in [0.717, 1.165) is 25.0 Å². The Kier molecular flexibility index (Phi) is 2.81. The van der Waals surface area contributed by atoms with Crippen LogP contribution in [0.15, 0.2) is 5.10 Å². The highest BCUT2D eigenvalue weighted by atomic mass is 16.6. The summed E-state index contributed by atoms with van der Waals surface area (Å²) in [6.45, 7) is 6.24. The van der Waals surface area contributed by atoms with Crippen LogP contribution >= 0.6 is 0 Å². The molecule has 2 atom stereocenters. The molecule has 1 saturated heterocycles. The van der Waals surface area contributed by atoms with Gasteiger partial charge in [0.25, 0.3) is 0 Å². The van der Waals surface area contributed by atoms with Crippen molar-refractivity contribution < 1.29 is 19.1 Å². The van der Waals surface area contributed by atoms with Crippen LogP contribution in [-0.4, -0.2) is 41.5 Å². The first-order valence-electron chi connectivity index (χ1n) is 7.09. The van der Waals surface area contributed by atoms with Crippen molar-refractivity contribution in [2.75, 3.05) is 13.2 Å². The molecule has 1 spiro atoms. The Morgan fingerprint density at radius 2 is 2.25 bits per heavy atom. The molecule has 0 aromatic heterocycles. The van der Waals surface area contributed by atoms with Gasteiger partial charge < -0.3 is 9.47 Å². The van der Waals surface area contributed by atoms with Gasteiger partial charge in [0.15, 0.2) is 0 Å². The molecule has 0 bridgehead atoms. The Morgan fingerprint density at radius 3 is 2.95 bits per heavy atom. The minimum atomic E-state index is -0.557. The van der Waals surface area contributed by atoms with E-state index in [1.165, 1.54) is 5.01 Å². The van der Waals surface area contributed by atoms with Gasteiger partial charge >= 0.3 is 12.1 Å². The Hall–Kier alpha value is -1.59. The van der Waals surface area contributed by atoms with Gasteiger partial charge in [-0.2, -0.15) is 10.1 Å². The number of hydrogen-bond donors (Lipinski definition) is 0. The average Bonchev–Trinajstić information content (AvgIpc) is 2.89. The summed E-state index contributed by atoms with van der Waals surface area (Å²) in [4.78, 5) is 24.2. The minimum absolute atomic E-state index is 0.0116. The molecule has 0 unspecified atom stereocenters. The molecular formula is C14H20N2O4. The van der Waals surface area contributed by atoms with Gasteiger partial charge in [-0.3, -0.25) is 4.79 Å². The molecule has 3 aliphatic rings. The molecule has 0 aromatic carbocycles. The third kappa shape index (κ3) is 1.89. The van der Waals surface area contributed by atoms with E-state index in [9.17, 15) is 9.59 Å². The van der Waals surface area contributed by atoms with Gasteiger partial charge in [0.1, 0.15) is 11.0 Å². The first kappa shape index (κ1) is 13.4. The second kappa shape index (κ2) is 4.20. The van der Waals surface area contributed by atoms with Crippen LogP contribution in [0.3, 0.4) is 0 Å². The third-order valence-corrected chi connectivity index (χ3v) is 4.22. The number of hydrogen-bond acceptors (Lipinski definition) is 5. The van der Waals surface area contributed by atoms with Crippen molar-refractivity contribution in [2.24, 2.45) is 16.4 Å². The lowest BCUT2D eigenvalue weighted by molar-refractivity contribution is -0.143. The molecule has 6 heteroatoms. The normalized spacial score (nSPS) is 32.4. The number of amides is 1. The molecule has 0 N–H and O–H groups in total. The second-order valence-corrected chi connectivity index (χ2v) is 6.73. The lowest BCUT2D eigenvalue weighted by Gasteiger charge is -2.35. The molecule has 1 amide bonds. The van der Waals surface area contributed by atoms with Crippen LogP contribution in [0.2, 0.25) is 0 Å². The SMILES string of the molecule is CC(C)(C)OC(=O)N1C[C@@H]2COC(=O)[C@@]23CCCC3=N1. The van der Waals surface area contributed by atoms with Gasteiger partial charge in [-0.25, -0.2) is 4.79 Å². The molecule has 20 heavy (non-hydrogen) atoms. The van der Waals surface area contributed by atoms with Gasteiger partial charge in [-0.1, -0.05) is 0 Å². The molecular weight excluding hydrogens is 260 g/mol. The first-order valence-corrected chi connectivity index (χ1v) is 7.09. The maximum atomic E-state index is 12.1. The van der Waals surface area contributed by atoms with E-state index >= 15 is 0 Å². The number of esters is 1. The summed E-state index contributed by atoms with van der Waals surface area (Å²) < 4.78 is 10.6. The highest BCUT2D eigenvalue weighted by Gasteiger charge is 2.60. The molecule has 110 valence electrons. The number of carbonyl (C=O) groups is 2. The van der Waals surface area contributed by atoms with Crippen LogP contribution in [0.25, 0.3) is 0 Å². The van der Waals surface area contributed by atoms with E-state index in [2.05, 4.69) is 5.10 Å². The van der Waals surface area contributed by atoms with Crippen molar-refractivity contribution in [2.45, 2.75) is 45.6 Å². The number of hydrazone groups is 1. The minimum Gasteiger partial charge on any atom is -0.465 e. The van der Waals surface area contributed by atoms with Crippen molar-refractivity contribution in [1.82, 2.24) is 5.01 Å². The zero-order valence-electron chi connectivity index (χ0n) is 12.1. The topological polar surface area (TPSA) is 68.2 Å². The number of carbonyl (C=O) groups excluding carboxylic acids is 2. The van der Waals surface area contributed by atoms with E-state index < -0.39 is 17.1 Å². The number of rotatable bonds is 0. The second-order valence-electron chi connectivity index (χ2n) is 6.73. The number of cyclic esters (lactones) is 1. The lowest BCUT2D eigenvalue weighted by atomic mass is 9.74. The zero-order valence-corrected chi connectivity index (χ0v) is 12.1. The number of ether oxygens (including phenoxy) is 2. The van der Waals surface area contributed by atoms with Crippen LogP contribution < -0.4 is 0 Å². The molecule has 6 nitrogen and oxygen atoms in total. The number of nitrogens with zero attached hydrogens (tertiary/aromatic N) is 2. The molecule has 2 aliphatic heterocycles. The molecule has 1 aliphatic carbocycles. The van der Waals surface area contributed by atoms with E-state index in [4.69, 9.17) is 9.47 Å². The molecule has 2 fully saturated rings. The Labute approximate surface area is 118 Å². The van der Waals surface area contributed by atoms with Crippen LogP contribution in [0.4, 0.5) is 4.79 Å². The van der Waals surface area contributed by atoms with Crippen molar-refractivity contribution in [1.29, 1.82) is 0 Å². The Morgan fingerprint density at radius 1 is 1.50 bits per heavy atom. The zero-order chi connectivity index (χ0) is 14.5. The largest absolute Gasteiger partial charge is 0.465 e. The fourth-order valence-electron chi connectivity index (χ4n) is 3.35. The van der Waals surface area contributed by atoms with Crippen LogP contribution in [0, 0.1) is 11.3 Å². The summed E-state index contributed by atoms with van der Waals surface area (Å²) in [5.74, 6) is -0.153. The van der Waals surface area contributed by atoms with Gasteiger partial charge in [0.2, 0.25) is 0 Å². The third-order valence-electron chi connectivity index (χ3n) is 4.22. The molecule has 1 saturated carbocycles. The summed E-state index contributed by atoms with van der Waals surface area (Å²) in [6, 6.07) is 0. The summed E-state index contributed by atoms with van der Waals surface area (Å²) in [5.41, 5.74) is -0.316. The average molecular weight is 280 g/mol. The highest BCUT2D eigenvalue weighted by molar-refractivity contribution is 6.10. The van der Waals surface area contributed by atoms with Crippen molar-refractivity contribution in [3.05, 3.63) is 0 Å². The standard InChI is InChI=1S/C14H20N2O4/c1-13(2,3)20-12(18)16-7-9-8-19-11(17)14(9)6-4-5-10(14)15-16/h9H,4-8H2,1-3H3/t9-,14+/m1/s1. The van der Waals surface area contributed by atoms with Crippen LogP contribution in [-0.2, 0) is 14.3 Å². The highest BCUT2D eigenvalue weighted by Crippen LogP contribution is 2.49. The molecule has 0 aromatic rings. The fourth-order valence-corrected chi connectivity index (χ4v) is 3.35. The molecule has 0 radical (unpaired) electrons. The molecule has 2 heterocycles. The maximum Gasteiger partial charge on any atom is 0.430 e. The Balaban J connectivity index is 1.87. The van der Waals surface area contributed by atoms with Gasteiger partial charge in [-0.15, -0.1) is 0 Å². The van der Waals surface area contributed by atoms with E-state index in [-0.39, 0.29) is 11.9 Å². The van der Waals surface area contributed by atoms with Crippen molar-refractivity contribution in [3.63, 3.8) is 0 Å². The predicted octanol–water partition coefficient (Wildman–Crippen LogP) is 1.94. The quantitative estimate of drug-likeness (QED) is 0.636. The summed E-state index contributed by atoms with van der Waals surface area (Å²) in [5, 5.41) is 5.74. The molecule has 3 rings (SSSR count).